The molecule has 0 fully saturated rings. The molecule has 0 radical (unpaired) electrons. The van der Waals surface area contributed by atoms with E-state index in [1.165, 1.54) is 17.7 Å². The fourth-order valence-electron chi connectivity index (χ4n) is 4.63. The van der Waals surface area contributed by atoms with Crippen molar-refractivity contribution in [2.45, 2.75) is 76.2 Å². The van der Waals surface area contributed by atoms with Gasteiger partial charge >= 0.3 is 6.03 Å². The molecule has 0 spiro atoms. The van der Waals surface area contributed by atoms with E-state index < -0.39 is 16.1 Å². The summed E-state index contributed by atoms with van der Waals surface area (Å²) in [5, 5.41) is 2.65. The number of fused-ring (bicyclic) bond motifs is 3. The highest BCUT2D eigenvalue weighted by Crippen LogP contribution is 2.32. The molecule has 1 aromatic carbocycles. The van der Waals surface area contributed by atoms with E-state index in [1.807, 2.05) is 0 Å². The van der Waals surface area contributed by atoms with Crippen molar-refractivity contribution in [2.75, 3.05) is 12.3 Å². The van der Waals surface area contributed by atoms with Crippen molar-refractivity contribution in [1.29, 1.82) is 0 Å². The van der Waals surface area contributed by atoms with E-state index >= 15 is 0 Å². The van der Waals surface area contributed by atoms with Crippen LogP contribution >= 0.6 is 0 Å². The highest BCUT2D eigenvalue weighted by Gasteiger charge is 2.22. The minimum atomic E-state index is -3.88. The lowest BCUT2D eigenvalue weighted by Crippen LogP contribution is -2.39. The van der Waals surface area contributed by atoms with Crippen molar-refractivity contribution >= 4 is 32.9 Å². The van der Waals surface area contributed by atoms with E-state index in [2.05, 4.69) is 26.5 Å². The molecule has 1 aliphatic rings. The van der Waals surface area contributed by atoms with E-state index in [-0.39, 0.29) is 4.90 Å². The van der Waals surface area contributed by atoms with Crippen molar-refractivity contribution in [3.63, 3.8) is 0 Å². The highest BCUT2D eigenvalue weighted by atomic mass is 32.2. The third kappa shape index (κ3) is 5.75. The van der Waals surface area contributed by atoms with Gasteiger partial charge in [0.05, 0.1) is 10.4 Å². The van der Waals surface area contributed by atoms with Gasteiger partial charge in [-0.05, 0) is 62.6 Å². The third-order valence-electron chi connectivity index (χ3n) is 6.40. The van der Waals surface area contributed by atoms with Gasteiger partial charge in [-0.1, -0.05) is 31.5 Å². The summed E-state index contributed by atoms with van der Waals surface area (Å²) in [5.41, 5.74) is 10.6. The van der Waals surface area contributed by atoms with Gasteiger partial charge in [-0.3, -0.25) is 0 Å². The van der Waals surface area contributed by atoms with E-state index in [0.717, 1.165) is 80.5 Å². The summed E-state index contributed by atoms with van der Waals surface area (Å²) in [6.07, 6.45) is 8.77. The number of imidazole rings is 1. The summed E-state index contributed by atoms with van der Waals surface area (Å²) in [5.74, 6) is 1.55. The number of benzene rings is 1. The van der Waals surface area contributed by atoms with Crippen LogP contribution in [0.25, 0.3) is 11.0 Å². The number of unbranched alkanes of at least 4 members (excludes halogenated alkanes) is 2. The molecule has 2 amide bonds. The molecule has 0 unspecified atom stereocenters. The first-order chi connectivity index (χ1) is 16.9. The molecule has 0 saturated heterocycles. The second-order valence-electron chi connectivity index (χ2n) is 8.99. The molecular weight excluding hydrogens is 464 g/mol. The highest BCUT2D eigenvalue weighted by molar-refractivity contribution is 7.90. The minimum Gasteiger partial charge on any atom is -0.382 e. The molecular formula is C25H34N6O3S. The Bertz CT molecular complexity index is 1290. The van der Waals surface area contributed by atoms with Gasteiger partial charge in [0.2, 0.25) is 0 Å². The van der Waals surface area contributed by atoms with Gasteiger partial charge in [0.25, 0.3) is 10.0 Å². The third-order valence-corrected chi connectivity index (χ3v) is 7.74. The van der Waals surface area contributed by atoms with Crippen molar-refractivity contribution in [3.05, 3.63) is 47.4 Å². The maximum absolute atomic E-state index is 12.3. The van der Waals surface area contributed by atoms with E-state index in [0.29, 0.717) is 18.8 Å². The minimum absolute atomic E-state index is 0.0545. The summed E-state index contributed by atoms with van der Waals surface area (Å²) in [6.45, 7) is 3.30. The lowest BCUT2D eigenvalue weighted by Gasteiger charge is -2.18. The van der Waals surface area contributed by atoms with Gasteiger partial charge in [-0.15, -0.1) is 0 Å². The molecule has 0 bridgehead atoms. The molecule has 2 heterocycles. The van der Waals surface area contributed by atoms with Crippen LogP contribution in [0.5, 0.6) is 0 Å². The maximum Gasteiger partial charge on any atom is 0.328 e. The Morgan fingerprint density at radius 1 is 1.09 bits per heavy atom. The topological polar surface area (TPSA) is 132 Å². The predicted molar refractivity (Wildman–Crippen MR) is 137 cm³/mol. The number of rotatable bonds is 10. The Balaban J connectivity index is 1.40. The molecule has 0 aliphatic heterocycles. The fourth-order valence-corrected chi connectivity index (χ4v) is 5.58. The smallest absolute Gasteiger partial charge is 0.328 e. The Kier molecular flexibility index (Phi) is 7.90. The number of amides is 2. The van der Waals surface area contributed by atoms with Crippen LogP contribution in [0.15, 0.2) is 35.2 Å². The number of anilines is 1. The molecule has 4 N–H and O–H groups in total. The first-order valence-corrected chi connectivity index (χ1v) is 13.9. The van der Waals surface area contributed by atoms with Gasteiger partial charge < -0.3 is 15.6 Å². The summed E-state index contributed by atoms with van der Waals surface area (Å²) in [6, 6.07) is 7.11. The second kappa shape index (κ2) is 11.1. The monoisotopic (exact) mass is 498 g/mol. The number of nitrogen functional groups attached to an aromatic ring is 1. The quantitative estimate of drug-likeness (QED) is 0.365. The molecule has 1 aliphatic carbocycles. The van der Waals surface area contributed by atoms with Crippen LogP contribution in [0.4, 0.5) is 10.6 Å². The number of aryl methyl sites for hydroxylation is 4. The largest absolute Gasteiger partial charge is 0.382 e. The van der Waals surface area contributed by atoms with Gasteiger partial charge in [0.1, 0.15) is 11.3 Å². The first kappa shape index (κ1) is 25.0. The average molecular weight is 499 g/mol. The standard InChI is InChI=1S/C25H34N6O3S/c1-2-3-15-21-29-22-23(19-13-7-8-14-20(19)28-24(22)26)31(21)17-10-9-16-27-25(32)30-35(33,34)18-11-5-4-6-12-18/h4-6,11-12H,2-3,7-10,13-17H2,1H3,(H2,26,28)(H2,27,30,32). The molecule has 4 rings (SSSR count). The van der Waals surface area contributed by atoms with Gasteiger partial charge in [-0.25, -0.2) is 27.9 Å². The summed E-state index contributed by atoms with van der Waals surface area (Å²) >= 11 is 0. The van der Waals surface area contributed by atoms with Crippen LogP contribution in [-0.2, 0) is 35.8 Å². The Morgan fingerprint density at radius 2 is 1.86 bits per heavy atom. The normalized spacial score (nSPS) is 13.5. The SMILES string of the molecule is CCCCc1nc2c(N)nc3c(c2n1CCCCNC(=O)NS(=O)(=O)c1ccccc1)CCCC3. The second-order valence-corrected chi connectivity index (χ2v) is 10.7. The molecule has 3 aromatic rings. The molecule has 9 nitrogen and oxygen atoms in total. The number of pyridine rings is 1. The summed E-state index contributed by atoms with van der Waals surface area (Å²) < 4.78 is 28.9. The molecule has 2 aromatic heterocycles. The van der Waals surface area contributed by atoms with Crippen molar-refractivity contribution in [2.24, 2.45) is 0 Å². The van der Waals surface area contributed by atoms with E-state index in [9.17, 15) is 13.2 Å². The Labute approximate surface area is 206 Å². The number of carbonyl (C=O) groups is 1. The van der Waals surface area contributed by atoms with Crippen LogP contribution in [0.2, 0.25) is 0 Å². The summed E-state index contributed by atoms with van der Waals surface area (Å²) in [7, 11) is -3.88. The summed E-state index contributed by atoms with van der Waals surface area (Å²) in [4.78, 5) is 21.7. The van der Waals surface area contributed by atoms with Crippen LogP contribution in [0.1, 0.15) is 62.5 Å². The first-order valence-electron chi connectivity index (χ1n) is 12.4. The molecule has 35 heavy (non-hydrogen) atoms. The molecule has 188 valence electrons. The molecule has 10 heteroatoms. The number of nitrogens with one attached hydrogen (secondary N) is 2. The van der Waals surface area contributed by atoms with Crippen LogP contribution in [-0.4, -0.2) is 35.5 Å². The molecule has 0 saturated carbocycles. The lowest BCUT2D eigenvalue weighted by molar-refractivity contribution is 0.245. The number of nitrogens with zero attached hydrogens (tertiary/aromatic N) is 3. The number of aromatic nitrogens is 3. The predicted octanol–water partition coefficient (Wildman–Crippen LogP) is 3.70. The van der Waals surface area contributed by atoms with Crippen molar-refractivity contribution in [3.8, 4) is 0 Å². The van der Waals surface area contributed by atoms with Crippen LogP contribution in [0, 0.1) is 0 Å². The van der Waals surface area contributed by atoms with Crippen molar-refractivity contribution in [1.82, 2.24) is 24.6 Å². The zero-order valence-corrected chi connectivity index (χ0v) is 21.0. The zero-order valence-electron chi connectivity index (χ0n) is 20.2. The Hall–Kier alpha value is -3.14. The van der Waals surface area contributed by atoms with Crippen LogP contribution < -0.4 is 15.8 Å². The number of urea groups is 1. The van der Waals surface area contributed by atoms with E-state index in [4.69, 9.17) is 10.7 Å². The number of sulfonamides is 1. The Morgan fingerprint density at radius 3 is 2.63 bits per heavy atom. The van der Waals surface area contributed by atoms with E-state index in [1.54, 1.807) is 18.2 Å². The lowest BCUT2D eigenvalue weighted by atomic mass is 9.95. The average Bonchev–Trinajstić information content (AvgIpc) is 3.22. The number of hydrogen-bond donors (Lipinski definition) is 3. The maximum atomic E-state index is 12.3. The molecule has 0 atom stereocenters. The fraction of sp³-hybridized carbons (Fsp3) is 0.480. The van der Waals surface area contributed by atoms with Crippen molar-refractivity contribution < 1.29 is 13.2 Å². The van der Waals surface area contributed by atoms with Gasteiger partial charge in [-0.2, -0.15) is 0 Å². The number of nitrogens with two attached hydrogens (primary N) is 1. The zero-order chi connectivity index (χ0) is 24.8. The van der Waals surface area contributed by atoms with Gasteiger partial charge in [0, 0.05) is 25.2 Å². The van der Waals surface area contributed by atoms with Crippen LogP contribution in [0.3, 0.4) is 0 Å². The van der Waals surface area contributed by atoms with Gasteiger partial charge in [0.15, 0.2) is 5.82 Å². The number of carbonyl (C=O) groups excluding carboxylic acids is 1. The number of hydrogen-bond acceptors (Lipinski definition) is 6.